The van der Waals surface area contributed by atoms with Crippen LogP contribution in [-0.4, -0.2) is 28.5 Å². The summed E-state index contributed by atoms with van der Waals surface area (Å²) in [5.74, 6) is 0.133. The average Bonchev–Trinajstić information content (AvgIpc) is 3.22. The molecule has 11 heteroatoms. The van der Waals surface area contributed by atoms with E-state index in [1.54, 1.807) is 24.3 Å². The average molecular weight is 553 g/mol. The van der Waals surface area contributed by atoms with Gasteiger partial charge in [-0.25, -0.2) is 9.97 Å². The number of pyridine rings is 1. The third-order valence-corrected chi connectivity index (χ3v) is 7.81. The van der Waals surface area contributed by atoms with Crippen molar-refractivity contribution in [3.05, 3.63) is 63.2 Å². The van der Waals surface area contributed by atoms with Gasteiger partial charge in [-0.15, -0.1) is 11.3 Å². The number of halogens is 5. The Bertz CT molecular complexity index is 1430. The van der Waals surface area contributed by atoms with Crippen LogP contribution in [-0.2, 0) is 6.18 Å². The summed E-state index contributed by atoms with van der Waals surface area (Å²) >= 11 is 13.4. The van der Waals surface area contributed by atoms with Crippen LogP contribution in [0.5, 0.6) is 0 Å². The molecule has 0 radical (unpaired) electrons. The lowest BCUT2D eigenvalue weighted by Gasteiger charge is -2.29. The SMILES string of the molecule is O=C(NC1CCC(CNc2cc(C(F)(F)F)nc3ccc(Cl)cc23)CC1)c1ccc2nc(Cl)sc2c1. The molecule has 2 aromatic heterocycles. The van der Waals surface area contributed by atoms with Crippen molar-refractivity contribution in [3.8, 4) is 0 Å². The molecule has 2 N–H and O–H groups in total. The summed E-state index contributed by atoms with van der Waals surface area (Å²) in [6, 6.07) is 11.1. The Morgan fingerprint density at radius 1 is 1.00 bits per heavy atom. The maximum Gasteiger partial charge on any atom is 0.433 e. The van der Waals surface area contributed by atoms with E-state index in [9.17, 15) is 18.0 Å². The molecule has 2 aromatic carbocycles. The first-order chi connectivity index (χ1) is 17.2. The third-order valence-electron chi connectivity index (χ3n) is 6.45. The molecular formula is C25H21Cl2F3N4OS. The quantitative estimate of drug-likeness (QED) is 0.268. The van der Waals surface area contributed by atoms with Gasteiger partial charge in [0, 0.05) is 34.2 Å². The topological polar surface area (TPSA) is 66.9 Å². The number of hydrogen-bond donors (Lipinski definition) is 2. The van der Waals surface area contributed by atoms with Crippen molar-refractivity contribution in [3.63, 3.8) is 0 Å². The van der Waals surface area contributed by atoms with Crippen molar-refractivity contribution >= 4 is 67.3 Å². The van der Waals surface area contributed by atoms with E-state index in [1.165, 1.54) is 23.5 Å². The van der Waals surface area contributed by atoms with Crippen molar-refractivity contribution in [1.82, 2.24) is 15.3 Å². The van der Waals surface area contributed by atoms with Crippen LogP contribution in [0.1, 0.15) is 41.7 Å². The molecule has 1 fully saturated rings. The summed E-state index contributed by atoms with van der Waals surface area (Å²) in [7, 11) is 0. The Balaban J connectivity index is 1.20. The Morgan fingerprint density at radius 3 is 2.50 bits per heavy atom. The smallest absolute Gasteiger partial charge is 0.384 e. The molecule has 0 atom stereocenters. The Morgan fingerprint density at radius 2 is 1.75 bits per heavy atom. The summed E-state index contributed by atoms with van der Waals surface area (Å²) < 4.78 is 41.4. The maximum atomic E-state index is 13.4. The second-order valence-corrected chi connectivity index (χ2v) is 11.0. The number of nitrogens with one attached hydrogen (secondary N) is 2. The van der Waals surface area contributed by atoms with Crippen LogP contribution in [0.4, 0.5) is 18.9 Å². The fourth-order valence-corrected chi connectivity index (χ4v) is 5.80. The molecule has 36 heavy (non-hydrogen) atoms. The number of carbonyl (C=O) groups excluding carboxylic acids is 1. The normalized spacial score (nSPS) is 18.5. The van der Waals surface area contributed by atoms with Crippen molar-refractivity contribution < 1.29 is 18.0 Å². The number of aromatic nitrogens is 2. The zero-order chi connectivity index (χ0) is 25.4. The summed E-state index contributed by atoms with van der Waals surface area (Å²) in [5.41, 5.74) is 0.993. The molecule has 0 bridgehead atoms. The monoisotopic (exact) mass is 552 g/mol. The van der Waals surface area contributed by atoms with Gasteiger partial charge in [-0.2, -0.15) is 13.2 Å². The zero-order valence-electron chi connectivity index (χ0n) is 18.8. The molecule has 1 aliphatic carbocycles. The molecule has 1 aliphatic rings. The summed E-state index contributed by atoms with van der Waals surface area (Å²) in [6.45, 7) is 0.520. The number of thiazole rings is 1. The number of anilines is 1. The van der Waals surface area contributed by atoms with Crippen molar-refractivity contribution in [2.45, 2.75) is 37.9 Å². The molecule has 0 unspecified atom stereocenters. The molecule has 1 amide bonds. The van der Waals surface area contributed by atoms with Crippen molar-refractivity contribution in [2.75, 3.05) is 11.9 Å². The Labute approximate surface area is 219 Å². The molecule has 0 spiro atoms. The van der Waals surface area contributed by atoms with E-state index in [0.29, 0.717) is 32.7 Å². The second kappa shape index (κ2) is 10.0. The van der Waals surface area contributed by atoms with E-state index in [-0.39, 0.29) is 23.4 Å². The van der Waals surface area contributed by atoms with Crippen molar-refractivity contribution in [1.29, 1.82) is 0 Å². The van der Waals surface area contributed by atoms with E-state index in [0.717, 1.165) is 42.0 Å². The summed E-state index contributed by atoms with van der Waals surface area (Å²) in [5, 5.41) is 7.28. The Kier molecular flexibility index (Phi) is 6.98. The molecule has 2 heterocycles. The van der Waals surface area contributed by atoms with Gasteiger partial charge in [-0.3, -0.25) is 4.79 Å². The van der Waals surface area contributed by atoms with E-state index < -0.39 is 11.9 Å². The molecule has 5 nitrogen and oxygen atoms in total. The van der Waals surface area contributed by atoms with Crippen LogP contribution in [0.15, 0.2) is 42.5 Å². The minimum absolute atomic E-state index is 0.0480. The van der Waals surface area contributed by atoms with Gasteiger partial charge in [-0.1, -0.05) is 23.2 Å². The standard InChI is InChI=1S/C25H21Cl2F3N4OS/c26-15-4-8-18-17(10-15)20(11-22(33-18)25(28,29)30)31-12-13-1-5-16(6-2-13)32-23(35)14-3-7-19-21(9-14)36-24(27)34-19/h3-4,7-11,13,16H,1-2,5-6,12H2,(H,31,33)(H,32,35). The van der Waals surface area contributed by atoms with Gasteiger partial charge >= 0.3 is 6.18 Å². The highest BCUT2D eigenvalue weighted by Gasteiger charge is 2.33. The predicted molar refractivity (Wildman–Crippen MR) is 138 cm³/mol. The summed E-state index contributed by atoms with van der Waals surface area (Å²) in [4.78, 5) is 20.7. The molecule has 188 valence electrons. The number of fused-ring (bicyclic) bond motifs is 2. The van der Waals surface area contributed by atoms with E-state index in [1.807, 2.05) is 0 Å². The zero-order valence-corrected chi connectivity index (χ0v) is 21.2. The van der Waals surface area contributed by atoms with Gasteiger partial charge in [-0.05, 0) is 74.1 Å². The fraction of sp³-hybridized carbons (Fsp3) is 0.320. The number of benzene rings is 2. The number of rotatable bonds is 5. The lowest BCUT2D eigenvalue weighted by Crippen LogP contribution is -2.38. The number of carbonyl (C=O) groups is 1. The number of nitrogens with zero attached hydrogens (tertiary/aromatic N) is 2. The number of alkyl halides is 3. The van der Waals surface area contributed by atoms with Gasteiger partial charge < -0.3 is 10.6 Å². The van der Waals surface area contributed by atoms with Crippen LogP contribution in [0.2, 0.25) is 9.49 Å². The van der Waals surface area contributed by atoms with Gasteiger partial charge in [0.2, 0.25) is 0 Å². The van der Waals surface area contributed by atoms with E-state index in [4.69, 9.17) is 23.2 Å². The molecule has 0 saturated heterocycles. The van der Waals surface area contributed by atoms with E-state index >= 15 is 0 Å². The number of amides is 1. The molecule has 0 aliphatic heterocycles. The van der Waals surface area contributed by atoms with Crippen molar-refractivity contribution in [2.24, 2.45) is 5.92 Å². The van der Waals surface area contributed by atoms with Crippen LogP contribution in [0, 0.1) is 5.92 Å². The lowest BCUT2D eigenvalue weighted by molar-refractivity contribution is -0.140. The highest BCUT2D eigenvalue weighted by molar-refractivity contribution is 7.22. The summed E-state index contributed by atoms with van der Waals surface area (Å²) in [6.07, 6.45) is -1.27. The van der Waals surface area contributed by atoms with Crippen LogP contribution < -0.4 is 10.6 Å². The van der Waals surface area contributed by atoms with Crippen LogP contribution in [0.25, 0.3) is 21.1 Å². The predicted octanol–water partition coefficient (Wildman–Crippen LogP) is 7.57. The molecule has 1 saturated carbocycles. The minimum Gasteiger partial charge on any atom is -0.384 e. The van der Waals surface area contributed by atoms with Crippen LogP contribution >= 0.6 is 34.5 Å². The molecular weight excluding hydrogens is 532 g/mol. The minimum atomic E-state index is -4.54. The third kappa shape index (κ3) is 5.53. The van der Waals surface area contributed by atoms with Crippen LogP contribution in [0.3, 0.4) is 0 Å². The lowest BCUT2D eigenvalue weighted by atomic mass is 9.85. The van der Waals surface area contributed by atoms with Gasteiger partial charge in [0.15, 0.2) is 4.47 Å². The highest BCUT2D eigenvalue weighted by atomic mass is 35.5. The van der Waals surface area contributed by atoms with Gasteiger partial charge in [0.1, 0.15) is 5.69 Å². The first kappa shape index (κ1) is 25.0. The van der Waals surface area contributed by atoms with E-state index in [2.05, 4.69) is 20.6 Å². The molecule has 5 rings (SSSR count). The fourth-order valence-electron chi connectivity index (χ4n) is 4.56. The van der Waals surface area contributed by atoms with Gasteiger partial charge in [0.05, 0.1) is 15.7 Å². The second-order valence-electron chi connectivity index (χ2n) is 8.94. The maximum absolute atomic E-state index is 13.4. The first-order valence-corrected chi connectivity index (χ1v) is 13.0. The highest BCUT2D eigenvalue weighted by Crippen LogP contribution is 2.35. The number of hydrogen-bond acceptors (Lipinski definition) is 5. The largest absolute Gasteiger partial charge is 0.433 e. The first-order valence-electron chi connectivity index (χ1n) is 11.4. The Hall–Kier alpha value is -2.62. The van der Waals surface area contributed by atoms with Gasteiger partial charge in [0.25, 0.3) is 5.91 Å². The molecule has 4 aromatic rings.